The summed E-state index contributed by atoms with van der Waals surface area (Å²) >= 11 is 0. The predicted molar refractivity (Wildman–Crippen MR) is 83.9 cm³/mol. The van der Waals surface area contributed by atoms with Gasteiger partial charge in [-0.1, -0.05) is 18.2 Å². The molecule has 21 heavy (non-hydrogen) atoms. The van der Waals surface area contributed by atoms with E-state index >= 15 is 0 Å². The van der Waals surface area contributed by atoms with Crippen LogP contribution in [-0.4, -0.2) is 26.3 Å². The van der Waals surface area contributed by atoms with E-state index in [2.05, 4.69) is 6.92 Å². The number of fused-ring (bicyclic) bond motifs is 3. The van der Waals surface area contributed by atoms with Gasteiger partial charge in [0.25, 0.3) is 0 Å². The van der Waals surface area contributed by atoms with Crippen LogP contribution in [0.5, 0.6) is 0 Å². The maximum Gasteiger partial charge on any atom is 0.232 e. The predicted octanol–water partition coefficient (Wildman–Crippen LogP) is 3.10. The fraction of sp³-hybridized carbons (Fsp3) is 0.625. The highest BCUT2D eigenvalue weighted by atomic mass is 32.2. The monoisotopic (exact) mass is 309 g/mol. The van der Waals surface area contributed by atoms with E-state index in [1.165, 1.54) is 6.26 Å². The van der Waals surface area contributed by atoms with Gasteiger partial charge < -0.3 is 4.74 Å². The molecule has 3 unspecified atom stereocenters. The van der Waals surface area contributed by atoms with E-state index in [4.69, 9.17) is 4.74 Å². The van der Waals surface area contributed by atoms with E-state index in [0.29, 0.717) is 0 Å². The maximum absolute atomic E-state index is 12.4. The average Bonchev–Trinajstić information content (AvgIpc) is 2.36. The van der Waals surface area contributed by atoms with Crippen molar-refractivity contribution in [3.05, 3.63) is 29.8 Å². The average molecular weight is 309 g/mol. The number of anilines is 1. The van der Waals surface area contributed by atoms with Crippen molar-refractivity contribution in [3.63, 3.8) is 0 Å². The molecule has 1 aromatic carbocycles. The smallest absolute Gasteiger partial charge is 0.232 e. The van der Waals surface area contributed by atoms with Crippen LogP contribution in [0.4, 0.5) is 5.69 Å². The molecule has 2 aliphatic rings. The molecule has 3 atom stereocenters. The SMILES string of the molecule is CC1CCC2C(O1)c1ccccc1N(S(C)(=O)=O)C2(C)C. The summed E-state index contributed by atoms with van der Waals surface area (Å²) in [5.74, 6) is 0.179. The molecule has 1 aromatic rings. The number of para-hydroxylation sites is 1. The topological polar surface area (TPSA) is 46.6 Å². The molecule has 1 fully saturated rings. The lowest BCUT2D eigenvalue weighted by Crippen LogP contribution is -2.58. The van der Waals surface area contributed by atoms with Crippen molar-refractivity contribution in [1.82, 2.24) is 0 Å². The van der Waals surface area contributed by atoms with Crippen molar-refractivity contribution in [3.8, 4) is 0 Å². The van der Waals surface area contributed by atoms with E-state index < -0.39 is 15.6 Å². The van der Waals surface area contributed by atoms with Gasteiger partial charge in [-0.05, 0) is 39.7 Å². The second kappa shape index (κ2) is 4.71. The molecule has 3 rings (SSSR count). The zero-order valence-corrected chi connectivity index (χ0v) is 13.9. The maximum atomic E-state index is 12.4. The molecule has 116 valence electrons. The van der Waals surface area contributed by atoms with E-state index in [9.17, 15) is 8.42 Å². The van der Waals surface area contributed by atoms with Gasteiger partial charge in [0, 0.05) is 11.5 Å². The Balaban J connectivity index is 2.22. The summed E-state index contributed by atoms with van der Waals surface area (Å²) in [5.41, 5.74) is 1.28. The number of hydrogen-bond donors (Lipinski definition) is 0. The Morgan fingerprint density at radius 1 is 1.24 bits per heavy atom. The van der Waals surface area contributed by atoms with Crippen LogP contribution in [0.2, 0.25) is 0 Å². The number of benzene rings is 1. The third-order valence-electron chi connectivity index (χ3n) is 4.85. The van der Waals surface area contributed by atoms with E-state index in [1.807, 2.05) is 38.1 Å². The van der Waals surface area contributed by atoms with Crippen molar-refractivity contribution in [2.24, 2.45) is 5.92 Å². The quantitative estimate of drug-likeness (QED) is 0.801. The summed E-state index contributed by atoms with van der Waals surface area (Å²) in [5, 5.41) is 0. The second-order valence-electron chi connectivity index (χ2n) is 6.79. The molecule has 0 aromatic heterocycles. The lowest BCUT2D eigenvalue weighted by atomic mass is 9.72. The lowest BCUT2D eigenvalue weighted by Gasteiger charge is -2.54. The Bertz CT molecular complexity index is 653. The molecule has 0 amide bonds. The van der Waals surface area contributed by atoms with Gasteiger partial charge in [-0.3, -0.25) is 4.31 Å². The summed E-state index contributed by atoms with van der Waals surface area (Å²) < 4.78 is 32.6. The number of nitrogens with zero attached hydrogens (tertiary/aromatic N) is 1. The fourth-order valence-electron chi connectivity index (χ4n) is 3.97. The van der Waals surface area contributed by atoms with E-state index in [0.717, 1.165) is 24.1 Å². The Morgan fingerprint density at radius 2 is 1.90 bits per heavy atom. The largest absolute Gasteiger partial charge is 0.370 e. The molecular weight excluding hydrogens is 286 g/mol. The van der Waals surface area contributed by atoms with Gasteiger partial charge in [0.05, 0.1) is 29.7 Å². The minimum Gasteiger partial charge on any atom is -0.370 e. The highest BCUT2D eigenvalue weighted by Gasteiger charge is 2.51. The Kier molecular flexibility index (Phi) is 3.33. The normalized spacial score (nSPS) is 31.4. The molecule has 2 heterocycles. The van der Waals surface area contributed by atoms with E-state index in [1.54, 1.807) is 4.31 Å². The minimum absolute atomic E-state index is 0.0158. The van der Waals surface area contributed by atoms with Crippen LogP contribution in [-0.2, 0) is 14.8 Å². The highest BCUT2D eigenvalue weighted by molar-refractivity contribution is 7.92. The fourth-order valence-corrected chi connectivity index (χ4v) is 5.49. The molecule has 0 aliphatic carbocycles. The molecule has 4 nitrogen and oxygen atoms in total. The summed E-state index contributed by atoms with van der Waals surface area (Å²) in [4.78, 5) is 0. The van der Waals surface area contributed by atoms with Gasteiger partial charge in [0.15, 0.2) is 0 Å². The first-order valence-electron chi connectivity index (χ1n) is 7.47. The molecule has 0 spiro atoms. The summed E-state index contributed by atoms with van der Waals surface area (Å²) in [6, 6.07) is 7.73. The first-order chi connectivity index (χ1) is 9.73. The zero-order valence-electron chi connectivity index (χ0n) is 13.0. The molecule has 1 saturated heterocycles. The van der Waals surface area contributed by atoms with Crippen LogP contribution in [0, 0.1) is 5.92 Å². The molecular formula is C16H23NO3S. The summed E-state index contributed by atoms with van der Waals surface area (Å²) in [7, 11) is -3.33. The molecule has 0 N–H and O–H groups in total. The van der Waals surface area contributed by atoms with Crippen molar-refractivity contribution < 1.29 is 13.2 Å². The van der Waals surface area contributed by atoms with Crippen LogP contribution < -0.4 is 4.31 Å². The number of sulfonamides is 1. The number of ether oxygens (including phenoxy) is 1. The third kappa shape index (κ3) is 2.27. The molecule has 2 aliphatic heterocycles. The Hall–Kier alpha value is -1.07. The van der Waals surface area contributed by atoms with Crippen molar-refractivity contribution in [1.29, 1.82) is 0 Å². The van der Waals surface area contributed by atoms with Crippen molar-refractivity contribution in [2.75, 3.05) is 10.6 Å². The summed E-state index contributed by atoms with van der Waals surface area (Å²) in [6.07, 6.45) is 3.46. The Labute approximate surface area is 127 Å². The second-order valence-corrected chi connectivity index (χ2v) is 8.62. The van der Waals surface area contributed by atoms with Gasteiger partial charge >= 0.3 is 0 Å². The molecule has 5 heteroatoms. The van der Waals surface area contributed by atoms with Gasteiger partial charge in [0.2, 0.25) is 10.0 Å². The summed E-state index contributed by atoms with van der Waals surface area (Å²) in [6.45, 7) is 6.12. The van der Waals surface area contributed by atoms with Crippen LogP contribution in [0.1, 0.15) is 45.3 Å². The number of hydrogen-bond acceptors (Lipinski definition) is 3. The third-order valence-corrected chi connectivity index (χ3v) is 6.18. The van der Waals surface area contributed by atoms with Gasteiger partial charge in [-0.25, -0.2) is 8.42 Å². The van der Waals surface area contributed by atoms with Crippen molar-refractivity contribution in [2.45, 2.75) is 51.4 Å². The molecule has 0 radical (unpaired) electrons. The van der Waals surface area contributed by atoms with Crippen LogP contribution in [0.15, 0.2) is 24.3 Å². The highest BCUT2D eigenvalue weighted by Crippen LogP contribution is 2.52. The first-order valence-corrected chi connectivity index (χ1v) is 9.32. The first kappa shape index (κ1) is 14.9. The van der Waals surface area contributed by atoms with Crippen molar-refractivity contribution >= 4 is 15.7 Å². The van der Waals surface area contributed by atoms with E-state index in [-0.39, 0.29) is 18.1 Å². The standard InChI is InChI=1S/C16H23NO3S/c1-11-9-10-13-15(20-11)12-7-5-6-8-14(12)17(16(13,2)3)21(4,18)19/h5-8,11,13,15H,9-10H2,1-4H3. The van der Waals surface area contributed by atoms with Crippen LogP contribution in [0.25, 0.3) is 0 Å². The zero-order chi connectivity index (χ0) is 15.4. The van der Waals surface area contributed by atoms with Crippen LogP contribution in [0.3, 0.4) is 0 Å². The van der Waals surface area contributed by atoms with Gasteiger partial charge in [0.1, 0.15) is 0 Å². The Morgan fingerprint density at radius 3 is 2.57 bits per heavy atom. The molecule has 0 saturated carbocycles. The lowest BCUT2D eigenvalue weighted by molar-refractivity contribution is -0.0968. The molecule has 0 bridgehead atoms. The number of rotatable bonds is 1. The minimum atomic E-state index is -3.33. The van der Waals surface area contributed by atoms with Gasteiger partial charge in [-0.2, -0.15) is 0 Å². The van der Waals surface area contributed by atoms with Gasteiger partial charge in [-0.15, -0.1) is 0 Å². The van der Waals surface area contributed by atoms with Crippen LogP contribution >= 0.6 is 0 Å².